The van der Waals surface area contributed by atoms with Crippen molar-refractivity contribution in [1.82, 2.24) is 0 Å². The smallest absolute Gasteiger partial charge is 0.177 e. The minimum Gasteiger partial charge on any atom is -1.00 e. The molecule has 1 aromatic carbocycles. The van der Waals surface area contributed by atoms with Gasteiger partial charge in [-0.05, 0) is 30.2 Å². The van der Waals surface area contributed by atoms with Crippen molar-refractivity contribution in [2.75, 3.05) is 21.1 Å². The lowest BCUT2D eigenvalue weighted by molar-refractivity contribution is -0.884. The molecule has 0 aliphatic heterocycles. The van der Waals surface area contributed by atoms with E-state index in [4.69, 9.17) is 4.42 Å². The maximum absolute atomic E-state index is 5.69. The highest BCUT2D eigenvalue weighted by atomic mass is 127. The fourth-order valence-electron chi connectivity index (χ4n) is 1.65. The first-order valence-electron chi connectivity index (χ1n) is 5.99. The summed E-state index contributed by atoms with van der Waals surface area (Å²) in [5.74, 6) is 7.83. The van der Waals surface area contributed by atoms with Crippen LogP contribution in [0, 0.1) is 11.8 Å². The van der Waals surface area contributed by atoms with Crippen molar-refractivity contribution < 1.29 is 32.9 Å². The quantitative estimate of drug-likeness (QED) is 0.410. The minimum absolute atomic E-state index is 0. The monoisotopic (exact) mass is 367 g/mol. The van der Waals surface area contributed by atoms with E-state index in [1.54, 1.807) is 0 Å². The van der Waals surface area contributed by atoms with Crippen molar-refractivity contribution in [3.05, 3.63) is 59.5 Å². The summed E-state index contributed by atoms with van der Waals surface area (Å²) in [6, 6.07) is 13.9. The van der Waals surface area contributed by atoms with Crippen LogP contribution in [0.5, 0.6) is 0 Å². The van der Waals surface area contributed by atoms with E-state index in [2.05, 4.69) is 33.0 Å². The molecule has 0 saturated heterocycles. The second-order valence-corrected chi connectivity index (χ2v) is 5.33. The summed E-state index contributed by atoms with van der Waals surface area (Å²) in [7, 11) is 6.41. The fraction of sp³-hybridized carbons (Fsp3) is 0.250. The van der Waals surface area contributed by atoms with E-state index < -0.39 is 0 Å². The van der Waals surface area contributed by atoms with Gasteiger partial charge < -0.3 is 32.9 Å². The van der Waals surface area contributed by atoms with Gasteiger partial charge in [-0.3, -0.25) is 0 Å². The molecule has 100 valence electrons. The van der Waals surface area contributed by atoms with Gasteiger partial charge in [0.25, 0.3) is 0 Å². The van der Waals surface area contributed by atoms with Gasteiger partial charge in [0.2, 0.25) is 0 Å². The molecule has 2 nitrogen and oxygen atoms in total. The van der Waals surface area contributed by atoms with E-state index in [0.29, 0.717) is 0 Å². The lowest BCUT2D eigenvalue weighted by Crippen LogP contribution is -3.00. The summed E-state index contributed by atoms with van der Waals surface area (Å²) in [6.07, 6.45) is 0. The maximum atomic E-state index is 5.69. The lowest BCUT2D eigenvalue weighted by atomic mass is 10.2. The van der Waals surface area contributed by atoms with Crippen LogP contribution in [0.2, 0.25) is 0 Å². The lowest BCUT2D eigenvalue weighted by Gasteiger charge is -2.22. The van der Waals surface area contributed by atoms with Crippen molar-refractivity contribution in [2.45, 2.75) is 6.54 Å². The van der Waals surface area contributed by atoms with Crippen molar-refractivity contribution in [3.63, 3.8) is 0 Å². The molecule has 0 fully saturated rings. The van der Waals surface area contributed by atoms with Gasteiger partial charge >= 0.3 is 0 Å². The molecule has 1 heterocycles. The number of furan rings is 1. The van der Waals surface area contributed by atoms with Crippen molar-refractivity contribution in [3.8, 4) is 11.8 Å². The van der Waals surface area contributed by atoms with Crippen molar-refractivity contribution in [2.24, 2.45) is 0 Å². The second kappa shape index (κ2) is 6.78. The highest BCUT2D eigenvalue weighted by Gasteiger charge is 2.11. The molecule has 2 aromatic rings. The maximum Gasteiger partial charge on any atom is 0.177 e. The number of nitrogens with zero attached hydrogens (tertiary/aromatic N) is 1. The van der Waals surface area contributed by atoms with Crippen molar-refractivity contribution >= 4 is 0 Å². The van der Waals surface area contributed by atoms with E-state index in [1.165, 1.54) is 0 Å². The Kier molecular flexibility index (Phi) is 5.64. The number of rotatable bonds is 2. The van der Waals surface area contributed by atoms with Crippen LogP contribution in [0.25, 0.3) is 0 Å². The van der Waals surface area contributed by atoms with Crippen LogP contribution in [-0.4, -0.2) is 25.6 Å². The normalized spacial score (nSPS) is 10.3. The molecular formula is C16H18INO. The van der Waals surface area contributed by atoms with Gasteiger partial charge in [0.1, 0.15) is 6.54 Å². The molecule has 0 bridgehead atoms. The van der Waals surface area contributed by atoms with E-state index in [-0.39, 0.29) is 24.0 Å². The predicted octanol–water partition coefficient (Wildman–Crippen LogP) is -0.110. The number of halogens is 1. The molecule has 0 radical (unpaired) electrons. The Balaban J connectivity index is 0.00000180. The zero-order chi connectivity index (χ0) is 13.0. The Morgan fingerprint density at radius 2 is 1.63 bits per heavy atom. The van der Waals surface area contributed by atoms with Crippen LogP contribution in [0.15, 0.2) is 46.9 Å². The number of quaternary nitrogens is 1. The first kappa shape index (κ1) is 15.8. The van der Waals surface area contributed by atoms with Gasteiger partial charge in [-0.1, -0.05) is 24.1 Å². The molecule has 0 unspecified atom stereocenters. The van der Waals surface area contributed by atoms with Gasteiger partial charge in [-0.2, -0.15) is 0 Å². The Labute approximate surface area is 132 Å². The number of benzene rings is 1. The van der Waals surface area contributed by atoms with Crippen LogP contribution in [-0.2, 0) is 6.54 Å². The first-order valence-corrected chi connectivity index (χ1v) is 5.99. The molecule has 0 amide bonds. The van der Waals surface area contributed by atoms with E-state index in [9.17, 15) is 0 Å². The fourth-order valence-corrected chi connectivity index (χ4v) is 1.65. The Hall–Kier alpha value is -1.25. The van der Waals surface area contributed by atoms with E-state index >= 15 is 0 Å². The van der Waals surface area contributed by atoms with Gasteiger partial charge in [0.05, 0.1) is 21.1 Å². The largest absolute Gasteiger partial charge is 1.00 e. The third kappa shape index (κ3) is 5.50. The molecular weight excluding hydrogens is 349 g/mol. The standard InChI is InChI=1S/C16H18NO.HI/c1-17(2,3)13-16-12-11-15(18-16)10-9-14-7-5-4-6-8-14;/h4-8,11-12H,13H2,1-3H3;1H/q+1;/p-1. The van der Waals surface area contributed by atoms with Crippen molar-refractivity contribution in [1.29, 1.82) is 0 Å². The zero-order valence-corrected chi connectivity index (χ0v) is 13.6. The minimum atomic E-state index is 0. The third-order valence-electron chi connectivity index (χ3n) is 2.40. The van der Waals surface area contributed by atoms with Crippen LogP contribution >= 0.6 is 0 Å². The number of hydrogen-bond acceptors (Lipinski definition) is 1. The summed E-state index contributed by atoms with van der Waals surface area (Å²) in [6.45, 7) is 0.868. The van der Waals surface area contributed by atoms with E-state index in [1.807, 2.05) is 42.5 Å². The Bertz CT molecular complexity index is 570. The molecule has 0 atom stereocenters. The molecule has 19 heavy (non-hydrogen) atoms. The topological polar surface area (TPSA) is 13.1 Å². The summed E-state index contributed by atoms with van der Waals surface area (Å²) in [5, 5.41) is 0. The average molecular weight is 367 g/mol. The highest BCUT2D eigenvalue weighted by molar-refractivity contribution is 5.39. The summed E-state index contributed by atoms with van der Waals surface area (Å²) < 4.78 is 6.54. The molecule has 0 aliphatic rings. The molecule has 0 saturated carbocycles. The van der Waals surface area contributed by atoms with Gasteiger partial charge in [0, 0.05) is 5.56 Å². The van der Waals surface area contributed by atoms with Gasteiger partial charge in [-0.25, -0.2) is 0 Å². The SMILES string of the molecule is C[N+](C)(C)Cc1ccc(C#Cc2ccccc2)o1.[I-]. The molecule has 1 aromatic heterocycles. The van der Waals surface area contributed by atoms with Crippen LogP contribution in [0.4, 0.5) is 0 Å². The molecule has 0 spiro atoms. The molecule has 0 N–H and O–H groups in total. The predicted molar refractivity (Wildman–Crippen MR) is 72.9 cm³/mol. The molecule has 2 rings (SSSR count). The second-order valence-electron chi connectivity index (χ2n) is 5.33. The van der Waals surface area contributed by atoms with Gasteiger partial charge in [0.15, 0.2) is 11.5 Å². The third-order valence-corrected chi connectivity index (χ3v) is 2.40. The average Bonchev–Trinajstić information content (AvgIpc) is 2.73. The highest BCUT2D eigenvalue weighted by Crippen LogP contribution is 2.11. The van der Waals surface area contributed by atoms with Gasteiger partial charge in [-0.15, -0.1) is 0 Å². The Morgan fingerprint density at radius 1 is 0.947 bits per heavy atom. The zero-order valence-electron chi connectivity index (χ0n) is 11.5. The van der Waals surface area contributed by atoms with E-state index in [0.717, 1.165) is 28.1 Å². The first-order chi connectivity index (χ1) is 8.53. The van der Waals surface area contributed by atoms with Crippen LogP contribution in [0.3, 0.4) is 0 Å². The molecule has 3 heteroatoms. The molecule has 0 aliphatic carbocycles. The Morgan fingerprint density at radius 3 is 2.26 bits per heavy atom. The summed E-state index contributed by atoms with van der Waals surface area (Å²) in [5.41, 5.74) is 1.00. The van der Waals surface area contributed by atoms with Crippen LogP contribution in [0.1, 0.15) is 17.1 Å². The summed E-state index contributed by atoms with van der Waals surface area (Å²) >= 11 is 0. The summed E-state index contributed by atoms with van der Waals surface area (Å²) in [4.78, 5) is 0. The number of hydrogen-bond donors (Lipinski definition) is 0. The van der Waals surface area contributed by atoms with Crippen LogP contribution < -0.4 is 24.0 Å².